The topological polar surface area (TPSA) is 71.3 Å². The molecule has 6 heteroatoms. The number of fused-ring (bicyclic) bond motifs is 1. The molecule has 0 saturated carbocycles. The summed E-state index contributed by atoms with van der Waals surface area (Å²) < 4.78 is 24.6. The molecule has 3 rings (SSSR count). The number of carbonyl (C=O) groups excluding carboxylic acids is 1. The van der Waals surface area contributed by atoms with Gasteiger partial charge in [0.1, 0.15) is 30.0 Å². The van der Waals surface area contributed by atoms with Crippen LogP contribution in [0.4, 0.5) is 4.39 Å². The van der Waals surface area contributed by atoms with E-state index in [9.17, 15) is 14.4 Å². The van der Waals surface area contributed by atoms with Crippen molar-refractivity contribution in [3.63, 3.8) is 0 Å². The second-order valence-corrected chi connectivity index (χ2v) is 5.42. The highest BCUT2D eigenvalue weighted by Gasteiger charge is 2.22. The van der Waals surface area contributed by atoms with Gasteiger partial charge in [-0.25, -0.2) is 4.39 Å². The molecule has 2 aromatic carbocycles. The Balaban J connectivity index is 1.82. The lowest BCUT2D eigenvalue weighted by molar-refractivity contribution is -0.118. The van der Waals surface area contributed by atoms with Crippen LogP contribution in [0.5, 0.6) is 11.5 Å². The van der Waals surface area contributed by atoms with Gasteiger partial charge in [0.2, 0.25) is 0 Å². The number of rotatable bonds is 4. The zero-order chi connectivity index (χ0) is 17.8. The van der Waals surface area contributed by atoms with Crippen molar-refractivity contribution in [2.75, 3.05) is 13.7 Å². The van der Waals surface area contributed by atoms with Crippen LogP contribution < -0.4 is 14.8 Å². The number of nitrogens with one attached hydrogen (secondary N) is 1. The van der Waals surface area contributed by atoms with Crippen molar-refractivity contribution in [2.24, 2.45) is 0 Å². The highest BCUT2D eigenvalue weighted by molar-refractivity contribution is 5.99. The lowest BCUT2D eigenvalue weighted by Gasteiger charge is -2.19. The summed E-state index contributed by atoms with van der Waals surface area (Å²) in [6.45, 7) is 0.0700. The number of amides is 1. The zero-order valence-electron chi connectivity index (χ0n) is 13.5. The molecular formula is C19H15FN2O3. The second kappa shape index (κ2) is 7.05. The lowest BCUT2D eigenvalue weighted by atomic mass is 10.0. The predicted molar refractivity (Wildman–Crippen MR) is 89.4 cm³/mol. The standard InChI is InChI=1S/C19H15FN2O3/c1-24-14-6-7-18-12(9-14)8-13(11-25-18)19(23)22-17(10-21)15-4-2-3-5-16(15)20/h2-9,17H,11H2,1H3,(H,22,23)/t17-/m1/s1. The molecule has 1 aliphatic rings. The van der Waals surface area contributed by atoms with Crippen LogP contribution >= 0.6 is 0 Å². The van der Waals surface area contributed by atoms with Crippen molar-refractivity contribution in [1.29, 1.82) is 5.26 Å². The van der Waals surface area contributed by atoms with E-state index in [1.807, 2.05) is 6.07 Å². The maximum absolute atomic E-state index is 13.8. The van der Waals surface area contributed by atoms with Crippen molar-refractivity contribution < 1.29 is 18.7 Å². The summed E-state index contributed by atoms with van der Waals surface area (Å²) in [5.41, 5.74) is 1.17. The minimum Gasteiger partial charge on any atom is -0.497 e. The Bertz CT molecular complexity index is 886. The molecule has 0 spiro atoms. The molecule has 0 aliphatic carbocycles. The average Bonchev–Trinajstić information content (AvgIpc) is 2.65. The van der Waals surface area contributed by atoms with Gasteiger partial charge in [-0.2, -0.15) is 5.26 Å². The highest BCUT2D eigenvalue weighted by atomic mass is 19.1. The van der Waals surface area contributed by atoms with Crippen molar-refractivity contribution in [3.05, 3.63) is 65.0 Å². The maximum Gasteiger partial charge on any atom is 0.251 e. The van der Waals surface area contributed by atoms with Crippen molar-refractivity contribution in [3.8, 4) is 17.6 Å². The molecule has 0 radical (unpaired) electrons. The van der Waals surface area contributed by atoms with Crippen LogP contribution in [-0.4, -0.2) is 19.6 Å². The number of nitriles is 1. The van der Waals surface area contributed by atoms with E-state index >= 15 is 0 Å². The number of halogens is 1. The number of hydrogen-bond acceptors (Lipinski definition) is 4. The summed E-state index contributed by atoms with van der Waals surface area (Å²) in [4.78, 5) is 12.5. The summed E-state index contributed by atoms with van der Waals surface area (Å²) >= 11 is 0. The second-order valence-electron chi connectivity index (χ2n) is 5.42. The Morgan fingerprint density at radius 2 is 2.16 bits per heavy atom. The Labute approximate surface area is 144 Å². The van der Waals surface area contributed by atoms with E-state index in [0.29, 0.717) is 22.6 Å². The zero-order valence-corrected chi connectivity index (χ0v) is 13.5. The third-order valence-corrected chi connectivity index (χ3v) is 3.84. The van der Waals surface area contributed by atoms with Crippen molar-refractivity contribution in [2.45, 2.75) is 6.04 Å². The Hall–Kier alpha value is -3.33. The first-order chi connectivity index (χ1) is 12.1. The maximum atomic E-state index is 13.8. The normalized spacial score (nSPS) is 13.6. The molecule has 0 saturated heterocycles. The molecule has 0 unspecified atom stereocenters. The highest BCUT2D eigenvalue weighted by Crippen LogP contribution is 2.30. The number of ether oxygens (including phenoxy) is 2. The predicted octanol–water partition coefficient (Wildman–Crippen LogP) is 2.99. The number of hydrogen-bond donors (Lipinski definition) is 1. The van der Waals surface area contributed by atoms with E-state index in [-0.39, 0.29) is 12.2 Å². The fourth-order valence-corrected chi connectivity index (χ4v) is 2.53. The number of benzene rings is 2. The molecular weight excluding hydrogens is 323 g/mol. The first-order valence-electron chi connectivity index (χ1n) is 7.58. The van der Waals surface area contributed by atoms with Gasteiger partial charge in [-0.3, -0.25) is 4.79 Å². The van der Waals surface area contributed by atoms with Crippen molar-refractivity contribution in [1.82, 2.24) is 5.32 Å². The van der Waals surface area contributed by atoms with Gasteiger partial charge >= 0.3 is 0 Å². The fourth-order valence-electron chi connectivity index (χ4n) is 2.53. The minimum atomic E-state index is -1.08. The summed E-state index contributed by atoms with van der Waals surface area (Å²) in [7, 11) is 1.55. The van der Waals surface area contributed by atoms with E-state index in [4.69, 9.17) is 9.47 Å². The summed E-state index contributed by atoms with van der Waals surface area (Å²) in [6, 6.07) is 12.0. The van der Waals surface area contributed by atoms with E-state index in [1.54, 1.807) is 37.5 Å². The molecule has 25 heavy (non-hydrogen) atoms. The molecule has 1 amide bonds. The van der Waals surface area contributed by atoms with E-state index < -0.39 is 17.8 Å². The van der Waals surface area contributed by atoms with Crippen LogP contribution in [0.3, 0.4) is 0 Å². The fraction of sp³-hybridized carbons (Fsp3) is 0.158. The molecule has 0 fully saturated rings. The Morgan fingerprint density at radius 1 is 1.36 bits per heavy atom. The third-order valence-electron chi connectivity index (χ3n) is 3.84. The molecule has 126 valence electrons. The van der Waals surface area contributed by atoms with Gasteiger partial charge in [-0.05, 0) is 30.3 Å². The first-order valence-corrected chi connectivity index (χ1v) is 7.58. The number of nitrogens with zero attached hydrogens (tertiary/aromatic N) is 1. The van der Waals surface area contributed by atoms with Crippen LogP contribution in [0.15, 0.2) is 48.0 Å². The van der Waals surface area contributed by atoms with Crippen molar-refractivity contribution >= 4 is 12.0 Å². The van der Waals surface area contributed by atoms with Gasteiger partial charge in [0.25, 0.3) is 5.91 Å². The molecule has 2 aromatic rings. The van der Waals surface area contributed by atoms with Gasteiger partial charge < -0.3 is 14.8 Å². The molecule has 1 N–H and O–H groups in total. The smallest absolute Gasteiger partial charge is 0.251 e. The summed E-state index contributed by atoms with van der Waals surface area (Å²) in [6.07, 6.45) is 1.67. The SMILES string of the molecule is COc1ccc2c(c1)C=C(C(=O)N[C@H](C#N)c1ccccc1F)CO2. The number of carbonyl (C=O) groups is 1. The molecule has 1 heterocycles. The van der Waals surface area contributed by atoms with Gasteiger partial charge in [0.15, 0.2) is 0 Å². The molecule has 0 aromatic heterocycles. The average molecular weight is 338 g/mol. The molecule has 5 nitrogen and oxygen atoms in total. The molecule has 1 aliphatic heterocycles. The van der Waals surface area contributed by atoms with Crippen LogP contribution in [-0.2, 0) is 4.79 Å². The van der Waals surface area contributed by atoms with Gasteiger partial charge in [-0.1, -0.05) is 18.2 Å². The van der Waals surface area contributed by atoms with E-state index in [1.165, 1.54) is 18.2 Å². The Kier molecular flexibility index (Phi) is 4.66. The van der Waals surface area contributed by atoms with Gasteiger partial charge in [0, 0.05) is 11.1 Å². The van der Waals surface area contributed by atoms with E-state index in [0.717, 1.165) is 0 Å². The first kappa shape index (κ1) is 16.5. The summed E-state index contributed by atoms with van der Waals surface area (Å²) in [5.74, 6) is 0.256. The monoisotopic (exact) mass is 338 g/mol. The molecule has 0 bridgehead atoms. The Morgan fingerprint density at radius 3 is 2.88 bits per heavy atom. The van der Waals surface area contributed by atoms with Crippen LogP contribution in [0.2, 0.25) is 0 Å². The van der Waals surface area contributed by atoms with Crippen LogP contribution in [0.25, 0.3) is 6.08 Å². The number of methoxy groups -OCH3 is 1. The molecule has 1 atom stereocenters. The minimum absolute atomic E-state index is 0.0700. The third kappa shape index (κ3) is 3.45. The van der Waals surface area contributed by atoms with Gasteiger partial charge in [-0.15, -0.1) is 0 Å². The van der Waals surface area contributed by atoms with Crippen LogP contribution in [0, 0.1) is 17.1 Å². The van der Waals surface area contributed by atoms with Gasteiger partial charge in [0.05, 0.1) is 18.8 Å². The quantitative estimate of drug-likeness (QED) is 0.930. The van der Waals surface area contributed by atoms with Crippen LogP contribution in [0.1, 0.15) is 17.2 Å². The summed E-state index contributed by atoms with van der Waals surface area (Å²) in [5, 5.41) is 11.8. The van der Waals surface area contributed by atoms with E-state index in [2.05, 4.69) is 5.32 Å². The largest absolute Gasteiger partial charge is 0.497 e. The lowest BCUT2D eigenvalue weighted by Crippen LogP contribution is -2.32.